The van der Waals surface area contributed by atoms with E-state index in [1.807, 2.05) is 31.2 Å². The smallest absolute Gasteiger partial charge is 0.242 e. The van der Waals surface area contributed by atoms with E-state index in [-0.39, 0.29) is 29.8 Å². The summed E-state index contributed by atoms with van der Waals surface area (Å²) in [5.41, 5.74) is 2.09. The molecule has 0 fully saturated rings. The zero-order valence-corrected chi connectivity index (χ0v) is 15.8. The first-order valence-electron chi connectivity index (χ1n) is 9.12. The summed E-state index contributed by atoms with van der Waals surface area (Å²) in [6, 6.07) is 14.2. The number of fused-ring (bicyclic) bond motifs is 1. The molecule has 7 heteroatoms. The topological polar surface area (TPSA) is 93.1 Å². The zero-order valence-electron chi connectivity index (χ0n) is 15.8. The van der Waals surface area contributed by atoms with E-state index in [1.54, 1.807) is 31.2 Å². The maximum absolute atomic E-state index is 12.5. The molecule has 2 aromatic carbocycles. The third-order valence-electron chi connectivity index (χ3n) is 4.45. The van der Waals surface area contributed by atoms with Crippen LogP contribution in [-0.4, -0.2) is 21.6 Å². The average molecular weight is 378 g/mol. The summed E-state index contributed by atoms with van der Waals surface area (Å²) in [5, 5.41) is 10.3. The number of benzene rings is 2. The van der Waals surface area contributed by atoms with Crippen LogP contribution in [0.25, 0.3) is 10.9 Å². The van der Waals surface area contributed by atoms with Gasteiger partial charge in [-0.25, -0.2) is 0 Å². The molecule has 0 bridgehead atoms. The number of hydrogen-bond acceptors (Lipinski definition) is 4. The molecule has 7 nitrogen and oxygen atoms in total. The number of anilines is 1. The molecule has 2 amide bonds. The van der Waals surface area contributed by atoms with Gasteiger partial charge in [-0.3, -0.25) is 19.1 Å². The summed E-state index contributed by atoms with van der Waals surface area (Å²) >= 11 is 0. The Morgan fingerprint density at radius 2 is 1.79 bits per heavy atom. The zero-order chi connectivity index (χ0) is 20.1. The SMILES string of the molecule is CCC(=O)Nc1ccc(C(C)NC(=O)Cn2ncc(=O)c3ccccc32)cc1. The fourth-order valence-corrected chi connectivity index (χ4v) is 2.90. The summed E-state index contributed by atoms with van der Waals surface area (Å²) in [6.07, 6.45) is 1.64. The average Bonchev–Trinajstić information content (AvgIpc) is 2.70. The molecule has 0 aliphatic rings. The minimum absolute atomic E-state index is 0.00970. The van der Waals surface area contributed by atoms with E-state index in [9.17, 15) is 14.4 Å². The highest BCUT2D eigenvalue weighted by atomic mass is 16.2. The van der Waals surface area contributed by atoms with Crippen LogP contribution in [0.3, 0.4) is 0 Å². The second-order valence-corrected chi connectivity index (χ2v) is 6.50. The van der Waals surface area contributed by atoms with Crippen molar-refractivity contribution in [3.05, 3.63) is 70.5 Å². The van der Waals surface area contributed by atoms with Gasteiger partial charge in [0.15, 0.2) is 0 Å². The number of aromatic nitrogens is 2. The van der Waals surface area contributed by atoms with E-state index >= 15 is 0 Å². The van der Waals surface area contributed by atoms with Crippen LogP contribution < -0.4 is 16.1 Å². The first kappa shape index (κ1) is 19.3. The first-order valence-corrected chi connectivity index (χ1v) is 9.12. The molecule has 1 aromatic heterocycles. The Labute approximate surface area is 162 Å². The molecule has 144 valence electrons. The maximum atomic E-state index is 12.5. The van der Waals surface area contributed by atoms with Crippen molar-refractivity contribution in [1.82, 2.24) is 15.1 Å². The normalized spacial score (nSPS) is 11.8. The van der Waals surface area contributed by atoms with Gasteiger partial charge >= 0.3 is 0 Å². The predicted octanol–water partition coefficient (Wildman–Crippen LogP) is 2.62. The van der Waals surface area contributed by atoms with Crippen LogP contribution in [0.5, 0.6) is 0 Å². The van der Waals surface area contributed by atoms with E-state index in [0.717, 1.165) is 11.3 Å². The number of nitrogens with one attached hydrogen (secondary N) is 2. The molecule has 1 unspecified atom stereocenters. The van der Waals surface area contributed by atoms with Crippen LogP contribution in [0.15, 0.2) is 59.5 Å². The molecular weight excluding hydrogens is 356 g/mol. The third kappa shape index (κ3) is 4.43. The second kappa shape index (κ2) is 8.47. The highest BCUT2D eigenvalue weighted by molar-refractivity contribution is 5.90. The van der Waals surface area contributed by atoms with Gasteiger partial charge < -0.3 is 10.6 Å². The largest absolute Gasteiger partial charge is 0.348 e. The summed E-state index contributed by atoms with van der Waals surface area (Å²) < 4.78 is 1.52. The van der Waals surface area contributed by atoms with Gasteiger partial charge in [0.1, 0.15) is 6.54 Å². The Kier molecular flexibility index (Phi) is 5.84. The summed E-state index contributed by atoms with van der Waals surface area (Å²) in [7, 11) is 0. The van der Waals surface area contributed by atoms with E-state index in [4.69, 9.17) is 0 Å². The quantitative estimate of drug-likeness (QED) is 0.690. The van der Waals surface area contributed by atoms with Gasteiger partial charge in [-0.2, -0.15) is 5.10 Å². The van der Waals surface area contributed by atoms with E-state index < -0.39 is 0 Å². The number of nitrogens with zero attached hydrogens (tertiary/aromatic N) is 2. The molecular formula is C21H22N4O3. The lowest BCUT2D eigenvalue weighted by molar-refractivity contribution is -0.122. The fourth-order valence-electron chi connectivity index (χ4n) is 2.90. The van der Waals surface area contributed by atoms with Gasteiger partial charge in [0.25, 0.3) is 0 Å². The van der Waals surface area contributed by atoms with Crippen LogP contribution in [-0.2, 0) is 16.1 Å². The van der Waals surface area contributed by atoms with Crippen LogP contribution in [0.1, 0.15) is 31.9 Å². The number of amides is 2. The van der Waals surface area contributed by atoms with Gasteiger partial charge in [-0.05, 0) is 36.8 Å². The number of rotatable bonds is 6. The van der Waals surface area contributed by atoms with Gasteiger partial charge in [0.2, 0.25) is 17.2 Å². The molecule has 3 aromatic rings. The lowest BCUT2D eigenvalue weighted by Crippen LogP contribution is -2.31. The standard InChI is InChI=1S/C21H22N4O3/c1-3-20(27)24-16-10-8-15(9-11-16)14(2)23-21(28)13-25-18-7-5-4-6-17(18)19(26)12-22-25/h4-12,14H,3,13H2,1-2H3,(H,23,28)(H,24,27). The number of para-hydroxylation sites is 1. The Bertz CT molecular complexity index is 1060. The van der Waals surface area contributed by atoms with E-state index in [2.05, 4.69) is 15.7 Å². The molecule has 0 saturated heterocycles. The van der Waals surface area contributed by atoms with E-state index in [0.29, 0.717) is 17.3 Å². The van der Waals surface area contributed by atoms with Crippen LogP contribution >= 0.6 is 0 Å². The minimum Gasteiger partial charge on any atom is -0.348 e. The van der Waals surface area contributed by atoms with Crippen molar-refractivity contribution in [1.29, 1.82) is 0 Å². The number of carbonyl (C=O) groups is 2. The molecule has 28 heavy (non-hydrogen) atoms. The first-order chi connectivity index (χ1) is 13.5. The lowest BCUT2D eigenvalue weighted by Gasteiger charge is -2.16. The molecule has 1 heterocycles. The van der Waals surface area contributed by atoms with Crippen molar-refractivity contribution in [2.45, 2.75) is 32.9 Å². The van der Waals surface area contributed by atoms with E-state index in [1.165, 1.54) is 10.9 Å². The summed E-state index contributed by atoms with van der Waals surface area (Å²) in [5.74, 6) is -0.257. The highest BCUT2D eigenvalue weighted by Gasteiger charge is 2.12. The maximum Gasteiger partial charge on any atom is 0.242 e. The summed E-state index contributed by atoms with van der Waals surface area (Å²) in [4.78, 5) is 35.8. The molecule has 0 aliphatic carbocycles. The Morgan fingerprint density at radius 1 is 1.07 bits per heavy atom. The molecule has 0 aliphatic heterocycles. The Morgan fingerprint density at radius 3 is 2.50 bits per heavy atom. The van der Waals surface area contributed by atoms with Gasteiger partial charge in [0.05, 0.1) is 17.8 Å². The minimum atomic E-state index is -0.214. The van der Waals surface area contributed by atoms with Crippen LogP contribution in [0, 0.1) is 0 Å². The van der Waals surface area contributed by atoms with Crippen molar-refractivity contribution in [2.24, 2.45) is 0 Å². The summed E-state index contributed by atoms with van der Waals surface area (Å²) in [6.45, 7) is 3.69. The highest BCUT2D eigenvalue weighted by Crippen LogP contribution is 2.16. The molecule has 0 radical (unpaired) electrons. The second-order valence-electron chi connectivity index (χ2n) is 6.50. The Balaban J connectivity index is 1.67. The van der Waals surface area contributed by atoms with Gasteiger partial charge in [-0.15, -0.1) is 0 Å². The molecule has 0 saturated carbocycles. The Hall–Kier alpha value is -3.48. The fraction of sp³-hybridized carbons (Fsp3) is 0.238. The third-order valence-corrected chi connectivity index (χ3v) is 4.45. The van der Waals surface area contributed by atoms with Gasteiger partial charge in [0, 0.05) is 17.5 Å². The monoisotopic (exact) mass is 378 g/mol. The number of carbonyl (C=O) groups excluding carboxylic acids is 2. The molecule has 1 atom stereocenters. The molecule has 0 spiro atoms. The van der Waals surface area contributed by atoms with Crippen molar-refractivity contribution in [2.75, 3.05) is 5.32 Å². The van der Waals surface area contributed by atoms with Crippen molar-refractivity contribution < 1.29 is 9.59 Å². The molecule has 3 rings (SSSR count). The van der Waals surface area contributed by atoms with Crippen LogP contribution in [0.4, 0.5) is 5.69 Å². The van der Waals surface area contributed by atoms with Crippen molar-refractivity contribution >= 4 is 28.4 Å². The molecule has 2 N–H and O–H groups in total. The number of hydrogen-bond donors (Lipinski definition) is 2. The van der Waals surface area contributed by atoms with Crippen molar-refractivity contribution in [3.8, 4) is 0 Å². The predicted molar refractivity (Wildman–Crippen MR) is 108 cm³/mol. The van der Waals surface area contributed by atoms with Gasteiger partial charge in [-0.1, -0.05) is 31.2 Å². The van der Waals surface area contributed by atoms with Crippen LogP contribution in [0.2, 0.25) is 0 Å². The van der Waals surface area contributed by atoms with Crippen molar-refractivity contribution in [3.63, 3.8) is 0 Å². The lowest BCUT2D eigenvalue weighted by atomic mass is 10.1.